The second kappa shape index (κ2) is 6.80. The Bertz CT molecular complexity index is 891. The maximum atomic E-state index is 12.7. The fourth-order valence-electron chi connectivity index (χ4n) is 2.24. The van der Waals surface area contributed by atoms with Crippen molar-refractivity contribution in [3.63, 3.8) is 0 Å². The number of amides is 1. The van der Waals surface area contributed by atoms with E-state index in [2.05, 4.69) is 20.8 Å². The normalized spacial score (nSPS) is 11.5. The Hall–Kier alpha value is -3.10. The number of hydrogen-bond donors (Lipinski definition) is 2. The van der Waals surface area contributed by atoms with Crippen molar-refractivity contribution < 1.29 is 18.0 Å². The summed E-state index contributed by atoms with van der Waals surface area (Å²) in [5, 5.41) is 13.3. The smallest absolute Gasteiger partial charge is 0.376 e. The van der Waals surface area contributed by atoms with Crippen molar-refractivity contribution in [3.8, 4) is 0 Å². The van der Waals surface area contributed by atoms with Crippen LogP contribution in [-0.4, -0.2) is 27.0 Å². The lowest BCUT2D eigenvalue weighted by molar-refractivity contribution is -0.137. The highest BCUT2D eigenvalue weighted by atomic mass is 19.4. The van der Waals surface area contributed by atoms with Gasteiger partial charge in [-0.3, -0.25) is 9.20 Å². The van der Waals surface area contributed by atoms with E-state index in [4.69, 9.17) is 0 Å². The van der Waals surface area contributed by atoms with E-state index < -0.39 is 11.7 Å². The summed E-state index contributed by atoms with van der Waals surface area (Å²) in [6, 6.07) is 10.1. The largest absolute Gasteiger partial charge is 0.416 e. The van der Waals surface area contributed by atoms with Crippen LogP contribution in [0.3, 0.4) is 0 Å². The van der Waals surface area contributed by atoms with Gasteiger partial charge in [0, 0.05) is 11.9 Å². The molecule has 2 heterocycles. The first-order valence-electron chi connectivity index (χ1n) is 7.40. The van der Waals surface area contributed by atoms with E-state index in [9.17, 15) is 18.0 Å². The van der Waals surface area contributed by atoms with Crippen molar-refractivity contribution in [3.05, 3.63) is 60.0 Å². The van der Waals surface area contributed by atoms with Crippen molar-refractivity contribution in [2.75, 3.05) is 11.9 Å². The van der Waals surface area contributed by atoms with Crippen molar-refractivity contribution in [1.82, 2.24) is 19.9 Å². The third kappa shape index (κ3) is 4.06. The number of hydrogen-bond acceptors (Lipinski definition) is 4. The number of halogens is 3. The van der Waals surface area contributed by atoms with Gasteiger partial charge in [0.2, 0.25) is 5.91 Å². The first kappa shape index (κ1) is 16.7. The molecule has 0 radical (unpaired) electrons. The molecule has 0 fully saturated rings. The van der Waals surface area contributed by atoms with Gasteiger partial charge in [0.15, 0.2) is 11.5 Å². The number of fused-ring (bicyclic) bond motifs is 1. The van der Waals surface area contributed by atoms with Crippen LogP contribution in [0.25, 0.3) is 5.65 Å². The highest BCUT2D eigenvalue weighted by molar-refractivity contribution is 5.80. The minimum absolute atomic E-state index is 0.155. The molecule has 6 nitrogen and oxygen atoms in total. The van der Waals surface area contributed by atoms with Crippen molar-refractivity contribution in [2.24, 2.45) is 0 Å². The number of anilines is 1. The minimum atomic E-state index is -4.42. The van der Waals surface area contributed by atoms with Crippen LogP contribution in [0.5, 0.6) is 0 Å². The molecule has 2 aromatic heterocycles. The number of carbonyl (C=O) groups excluding carboxylic acids is 1. The molecule has 1 aromatic carbocycles. The van der Waals surface area contributed by atoms with Crippen LogP contribution in [0.15, 0.2) is 48.7 Å². The molecule has 0 aliphatic rings. The number of alkyl halides is 3. The molecular formula is C16H14F3N5O. The van der Waals surface area contributed by atoms with Crippen LogP contribution >= 0.6 is 0 Å². The van der Waals surface area contributed by atoms with E-state index in [1.165, 1.54) is 12.1 Å². The Morgan fingerprint density at radius 2 is 1.96 bits per heavy atom. The average Bonchev–Trinajstić information content (AvgIpc) is 3.01. The molecule has 0 atom stereocenters. The maximum absolute atomic E-state index is 12.7. The summed E-state index contributed by atoms with van der Waals surface area (Å²) in [5.74, 6) is 0.188. The Balaban J connectivity index is 1.55. The fourth-order valence-corrected chi connectivity index (χ4v) is 2.24. The standard InChI is InChI=1S/C16H14F3N5O/c17-16(18,19)11-4-3-5-12(8-11)20-10-15(25)21-9-14-23-22-13-6-1-2-7-24(13)14/h1-8,20H,9-10H2,(H,21,25). The van der Waals surface area contributed by atoms with Gasteiger partial charge >= 0.3 is 6.18 Å². The van der Waals surface area contributed by atoms with E-state index in [0.717, 1.165) is 12.1 Å². The van der Waals surface area contributed by atoms with E-state index in [0.29, 0.717) is 11.5 Å². The van der Waals surface area contributed by atoms with Gasteiger partial charge in [-0.1, -0.05) is 12.1 Å². The Kier molecular flexibility index (Phi) is 4.55. The third-order valence-corrected chi connectivity index (χ3v) is 3.47. The number of rotatable bonds is 5. The number of benzene rings is 1. The van der Waals surface area contributed by atoms with Gasteiger partial charge < -0.3 is 10.6 Å². The Morgan fingerprint density at radius 3 is 2.76 bits per heavy atom. The van der Waals surface area contributed by atoms with Gasteiger partial charge in [-0.05, 0) is 30.3 Å². The van der Waals surface area contributed by atoms with Gasteiger partial charge in [0.25, 0.3) is 0 Å². The lowest BCUT2D eigenvalue weighted by Crippen LogP contribution is -2.30. The molecule has 3 rings (SSSR count). The number of carbonyl (C=O) groups is 1. The monoisotopic (exact) mass is 349 g/mol. The average molecular weight is 349 g/mol. The van der Waals surface area contributed by atoms with Gasteiger partial charge in [-0.2, -0.15) is 13.2 Å². The van der Waals surface area contributed by atoms with Gasteiger partial charge in [0.05, 0.1) is 18.7 Å². The van der Waals surface area contributed by atoms with Crippen LogP contribution in [0, 0.1) is 0 Å². The summed E-state index contributed by atoms with van der Waals surface area (Å²) in [7, 11) is 0. The quantitative estimate of drug-likeness (QED) is 0.742. The summed E-state index contributed by atoms with van der Waals surface area (Å²) >= 11 is 0. The summed E-state index contributed by atoms with van der Waals surface area (Å²) in [4.78, 5) is 11.9. The molecule has 0 saturated carbocycles. The Labute approximate surface area is 140 Å². The summed E-state index contributed by atoms with van der Waals surface area (Å²) in [6.45, 7) is 0.00628. The SMILES string of the molecule is O=C(CNc1cccc(C(F)(F)F)c1)NCc1nnc2ccccn12. The van der Waals surface area contributed by atoms with Crippen LogP contribution in [-0.2, 0) is 17.5 Å². The zero-order valence-corrected chi connectivity index (χ0v) is 12.9. The second-order valence-corrected chi connectivity index (χ2v) is 5.25. The topological polar surface area (TPSA) is 71.3 Å². The lowest BCUT2D eigenvalue weighted by atomic mass is 10.2. The lowest BCUT2D eigenvalue weighted by Gasteiger charge is -2.10. The zero-order chi connectivity index (χ0) is 17.9. The first-order valence-corrected chi connectivity index (χ1v) is 7.40. The van der Waals surface area contributed by atoms with Gasteiger partial charge in [-0.15, -0.1) is 10.2 Å². The minimum Gasteiger partial charge on any atom is -0.376 e. The van der Waals surface area contributed by atoms with Crippen LogP contribution < -0.4 is 10.6 Å². The number of aromatic nitrogens is 3. The molecule has 9 heteroatoms. The van der Waals surface area contributed by atoms with E-state index in [1.54, 1.807) is 16.7 Å². The van der Waals surface area contributed by atoms with Crippen molar-refractivity contribution in [1.29, 1.82) is 0 Å². The predicted molar refractivity (Wildman–Crippen MR) is 84.8 cm³/mol. The molecule has 3 aromatic rings. The summed E-state index contributed by atoms with van der Waals surface area (Å²) in [6.07, 6.45) is -2.65. The molecule has 0 spiro atoms. The maximum Gasteiger partial charge on any atom is 0.416 e. The molecule has 130 valence electrons. The number of nitrogens with one attached hydrogen (secondary N) is 2. The molecule has 0 aliphatic carbocycles. The molecule has 0 saturated heterocycles. The van der Waals surface area contributed by atoms with Crippen LogP contribution in [0.2, 0.25) is 0 Å². The summed E-state index contributed by atoms with van der Waals surface area (Å²) < 4.78 is 39.7. The molecule has 25 heavy (non-hydrogen) atoms. The van der Waals surface area contributed by atoms with Crippen molar-refractivity contribution in [2.45, 2.75) is 12.7 Å². The number of nitrogens with zero attached hydrogens (tertiary/aromatic N) is 3. The van der Waals surface area contributed by atoms with E-state index >= 15 is 0 Å². The zero-order valence-electron chi connectivity index (χ0n) is 12.9. The van der Waals surface area contributed by atoms with E-state index in [-0.39, 0.29) is 24.7 Å². The highest BCUT2D eigenvalue weighted by Crippen LogP contribution is 2.30. The predicted octanol–water partition coefficient (Wildman–Crippen LogP) is 2.48. The van der Waals surface area contributed by atoms with E-state index in [1.807, 2.05) is 12.1 Å². The Morgan fingerprint density at radius 1 is 1.12 bits per heavy atom. The third-order valence-electron chi connectivity index (χ3n) is 3.47. The molecule has 0 bridgehead atoms. The second-order valence-electron chi connectivity index (χ2n) is 5.25. The first-order chi connectivity index (χ1) is 11.9. The highest BCUT2D eigenvalue weighted by Gasteiger charge is 2.30. The molecule has 2 N–H and O–H groups in total. The molecular weight excluding hydrogens is 335 g/mol. The molecule has 1 amide bonds. The fraction of sp³-hybridized carbons (Fsp3) is 0.188. The van der Waals surface area contributed by atoms with Gasteiger partial charge in [0.1, 0.15) is 0 Å². The summed E-state index contributed by atoms with van der Waals surface area (Å²) in [5.41, 5.74) is 0.111. The molecule has 0 aliphatic heterocycles. The van der Waals surface area contributed by atoms with Gasteiger partial charge in [-0.25, -0.2) is 0 Å². The number of pyridine rings is 1. The van der Waals surface area contributed by atoms with Crippen LogP contribution in [0.4, 0.5) is 18.9 Å². The molecule has 0 unspecified atom stereocenters. The van der Waals surface area contributed by atoms with Crippen molar-refractivity contribution >= 4 is 17.2 Å². The van der Waals surface area contributed by atoms with Crippen LogP contribution in [0.1, 0.15) is 11.4 Å².